The minimum absolute atomic E-state index is 0.398. The summed E-state index contributed by atoms with van der Waals surface area (Å²) >= 11 is 0. The van der Waals surface area contributed by atoms with Crippen molar-refractivity contribution in [3.63, 3.8) is 0 Å². The summed E-state index contributed by atoms with van der Waals surface area (Å²) in [7, 11) is 1.34. The van der Waals surface area contributed by atoms with Gasteiger partial charge in [0, 0.05) is 18.1 Å². The number of benzene rings is 1. The number of aromatic nitrogens is 4. The van der Waals surface area contributed by atoms with Gasteiger partial charge >= 0.3 is 5.97 Å². The second-order valence-corrected chi connectivity index (χ2v) is 5.68. The fourth-order valence-corrected chi connectivity index (χ4v) is 2.74. The lowest BCUT2D eigenvalue weighted by molar-refractivity contribution is 0.0601. The summed E-state index contributed by atoms with van der Waals surface area (Å²) in [5, 5.41) is 15.6. The monoisotopic (exact) mass is 358 g/mol. The van der Waals surface area contributed by atoms with Gasteiger partial charge in [-0.2, -0.15) is 5.26 Å². The van der Waals surface area contributed by atoms with Crippen molar-refractivity contribution in [3.8, 4) is 17.5 Å². The minimum Gasteiger partial charge on any atom is -0.465 e. The number of pyridine rings is 1. The van der Waals surface area contributed by atoms with E-state index < -0.39 is 5.97 Å². The maximum Gasteiger partial charge on any atom is 0.337 e. The zero-order chi connectivity index (χ0) is 18.8. The molecule has 4 aromatic rings. The summed E-state index contributed by atoms with van der Waals surface area (Å²) in [5.74, 6) is 0.238. The molecule has 0 saturated heterocycles. The Balaban J connectivity index is 1.79. The first-order valence-electron chi connectivity index (χ1n) is 8.08. The van der Waals surface area contributed by atoms with E-state index in [1.807, 2.05) is 18.2 Å². The number of aromatic amines is 1. The van der Waals surface area contributed by atoms with Gasteiger partial charge in [-0.15, -0.1) is 0 Å². The summed E-state index contributed by atoms with van der Waals surface area (Å²) in [6, 6.07) is 14.5. The van der Waals surface area contributed by atoms with Crippen molar-refractivity contribution in [2.45, 2.75) is 0 Å². The molecule has 0 bridgehead atoms. The third-order valence-electron chi connectivity index (χ3n) is 4.05. The molecule has 0 aliphatic rings. The number of hydrogen-bond acceptors (Lipinski definition) is 6. The molecule has 3 aromatic heterocycles. The van der Waals surface area contributed by atoms with E-state index in [2.05, 4.69) is 26.5 Å². The first kappa shape index (κ1) is 16.4. The van der Waals surface area contributed by atoms with Gasteiger partial charge in [0.05, 0.1) is 18.4 Å². The lowest BCUT2D eigenvalue weighted by Crippen LogP contribution is -2.02. The van der Waals surface area contributed by atoms with Crippen molar-refractivity contribution in [2.24, 2.45) is 0 Å². The van der Waals surface area contributed by atoms with Gasteiger partial charge in [-0.25, -0.2) is 14.3 Å². The van der Waals surface area contributed by atoms with Crippen molar-refractivity contribution in [1.82, 2.24) is 19.6 Å². The quantitative estimate of drug-likeness (QED) is 0.543. The Kier molecular flexibility index (Phi) is 4.03. The van der Waals surface area contributed by atoms with Gasteiger partial charge in [0.15, 0.2) is 11.5 Å². The van der Waals surface area contributed by atoms with E-state index in [1.54, 1.807) is 41.2 Å². The van der Waals surface area contributed by atoms with Gasteiger partial charge in [0.2, 0.25) is 0 Å². The smallest absolute Gasteiger partial charge is 0.337 e. The highest BCUT2D eigenvalue weighted by Crippen LogP contribution is 2.30. The summed E-state index contributed by atoms with van der Waals surface area (Å²) in [6.07, 6.45) is 3.28. The first-order valence-corrected chi connectivity index (χ1v) is 8.08. The second kappa shape index (κ2) is 6.65. The van der Waals surface area contributed by atoms with Crippen molar-refractivity contribution in [2.75, 3.05) is 12.4 Å². The Morgan fingerprint density at radius 2 is 2.07 bits per heavy atom. The van der Waals surface area contributed by atoms with Crippen LogP contribution in [0.3, 0.4) is 0 Å². The average molecular weight is 358 g/mol. The van der Waals surface area contributed by atoms with E-state index in [9.17, 15) is 10.1 Å². The lowest BCUT2D eigenvalue weighted by Gasteiger charge is -2.08. The molecule has 132 valence electrons. The summed E-state index contributed by atoms with van der Waals surface area (Å²) in [4.78, 5) is 20.5. The number of ether oxygens (including phenoxy) is 1. The Bertz CT molecular complexity index is 1150. The Hall–Kier alpha value is -4.12. The van der Waals surface area contributed by atoms with Crippen LogP contribution in [-0.4, -0.2) is 32.7 Å². The van der Waals surface area contributed by atoms with Crippen LogP contribution in [0.2, 0.25) is 0 Å². The highest BCUT2D eigenvalue weighted by atomic mass is 16.5. The molecule has 0 unspecified atom stereocenters. The molecule has 0 atom stereocenters. The van der Waals surface area contributed by atoms with Gasteiger partial charge in [-0.1, -0.05) is 6.07 Å². The van der Waals surface area contributed by atoms with E-state index in [-0.39, 0.29) is 0 Å². The zero-order valence-corrected chi connectivity index (χ0v) is 14.3. The van der Waals surface area contributed by atoms with Crippen LogP contribution in [0.4, 0.5) is 11.5 Å². The third-order valence-corrected chi connectivity index (χ3v) is 4.05. The lowest BCUT2D eigenvalue weighted by atomic mass is 10.2. The molecule has 1 aromatic carbocycles. The molecule has 0 radical (unpaired) electrons. The van der Waals surface area contributed by atoms with Crippen LogP contribution in [0.15, 0.2) is 54.9 Å². The highest BCUT2D eigenvalue weighted by molar-refractivity contribution is 5.90. The number of anilines is 2. The summed E-state index contributed by atoms with van der Waals surface area (Å²) in [5.41, 5.74) is 3.42. The Labute approximate surface area is 154 Å². The fraction of sp³-hybridized carbons (Fsp3) is 0.0526. The van der Waals surface area contributed by atoms with E-state index in [0.717, 1.165) is 5.69 Å². The number of esters is 1. The molecule has 8 heteroatoms. The normalized spacial score (nSPS) is 10.5. The molecule has 0 saturated carbocycles. The molecular formula is C19H14N6O2. The minimum atomic E-state index is -0.398. The number of imidazole rings is 1. The van der Waals surface area contributed by atoms with Gasteiger partial charge < -0.3 is 10.1 Å². The predicted octanol–water partition coefficient (Wildman–Crippen LogP) is 3.13. The Morgan fingerprint density at radius 1 is 1.26 bits per heavy atom. The zero-order valence-electron chi connectivity index (χ0n) is 14.3. The molecule has 0 spiro atoms. The molecule has 2 N–H and O–H groups in total. The van der Waals surface area contributed by atoms with Crippen LogP contribution in [-0.2, 0) is 4.74 Å². The molecule has 27 heavy (non-hydrogen) atoms. The van der Waals surface area contributed by atoms with E-state index >= 15 is 0 Å². The largest absolute Gasteiger partial charge is 0.465 e. The van der Waals surface area contributed by atoms with E-state index in [4.69, 9.17) is 4.74 Å². The predicted molar refractivity (Wildman–Crippen MR) is 98.6 cm³/mol. The number of hydrogen-bond donors (Lipinski definition) is 2. The number of carbonyl (C=O) groups excluding carboxylic acids is 1. The van der Waals surface area contributed by atoms with Crippen LogP contribution in [0.1, 0.15) is 15.9 Å². The van der Waals surface area contributed by atoms with Gasteiger partial charge in [-0.05, 0) is 36.4 Å². The number of nitriles is 1. The standard InChI is InChI=1S/C19H14N6O2/c1-27-19(26)12-5-7-14(8-6-12)23-18-16(15-4-2-3-9-21-15)24-17-13(10-20)11-22-25(17)18/h2-9,11,22-23H,1H3. The molecule has 0 fully saturated rings. The van der Waals surface area contributed by atoms with Crippen LogP contribution in [0.25, 0.3) is 17.0 Å². The number of nitrogens with one attached hydrogen (secondary N) is 2. The van der Waals surface area contributed by atoms with Crippen molar-refractivity contribution in [3.05, 3.63) is 66.0 Å². The van der Waals surface area contributed by atoms with Crippen LogP contribution < -0.4 is 5.32 Å². The van der Waals surface area contributed by atoms with Crippen molar-refractivity contribution in [1.29, 1.82) is 5.26 Å². The second-order valence-electron chi connectivity index (χ2n) is 5.68. The molecule has 8 nitrogen and oxygen atoms in total. The maximum absolute atomic E-state index is 11.6. The molecule has 0 amide bonds. The van der Waals surface area contributed by atoms with Gasteiger partial charge in [0.25, 0.3) is 0 Å². The van der Waals surface area contributed by atoms with Crippen LogP contribution in [0, 0.1) is 11.3 Å². The van der Waals surface area contributed by atoms with Gasteiger partial charge in [-0.3, -0.25) is 10.1 Å². The number of carbonyl (C=O) groups is 1. The number of H-pyrrole nitrogens is 1. The molecule has 4 rings (SSSR count). The molecule has 0 aliphatic carbocycles. The van der Waals surface area contributed by atoms with E-state index in [0.29, 0.717) is 34.0 Å². The van der Waals surface area contributed by atoms with Crippen LogP contribution >= 0.6 is 0 Å². The number of rotatable bonds is 4. The van der Waals surface area contributed by atoms with Crippen molar-refractivity contribution >= 4 is 23.1 Å². The molecular weight excluding hydrogens is 344 g/mol. The SMILES string of the molecule is COC(=O)c1ccc(Nc2c(-c3ccccn3)nc3c(C#N)c[nH]n23)cc1. The van der Waals surface area contributed by atoms with Crippen LogP contribution in [0.5, 0.6) is 0 Å². The third kappa shape index (κ3) is 2.87. The first-order chi connectivity index (χ1) is 13.2. The summed E-state index contributed by atoms with van der Waals surface area (Å²) < 4.78 is 6.41. The fourth-order valence-electron chi connectivity index (χ4n) is 2.74. The molecule has 3 heterocycles. The molecule has 0 aliphatic heterocycles. The number of methoxy groups -OCH3 is 1. The summed E-state index contributed by atoms with van der Waals surface area (Å²) in [6.45, 7) is 0. The topological polar surface area (TPSA) is 108 Å². The van der Waals surface area contributed by atoms with Gasteiger partial charge in [0.1, 0.15) is 17.3 Å². The Morgan fingerprint density at radius 3 is 2.74 bits per heavy atom. The highest BCUT2D eigenvalue weighted by Gasteiger charge is 2.19. The number of nitrogens with zero attached hydrogens (tertiary/aromatic N) is 4. The number of fused-ring (bicyclic) bond motifs is 1. The maximum atomic E-state index is 11.6. The van der Waals surface area contributed by atoms with Crippen molar-refractivity contribution < 1.29 is 9.53 Å². The van der Waals surface area contributed by atoms with E-state index in [1.165, 1.54) is 7.11 Å². The average Bonchev–Trinajstić information content (AvgIpc) is 3.28.